The Morgan fingerprint density at radius 3 is 2.76 bits per heavy atom. The van der Waals surface area contributed by atoms with Gasteiger partial charge in [0.05, 0.1) is 12.2 Å². The van der Waals surface area contributed by atoms with E-state index in [2.05, 4.69) is 39.8 Å². The van der Waals surface area contributed by atoms with Crippen LogP contribution in [0.25, 0.3) is 0 Å². The summed E-state index contributed by atoms with van der Waals surface area (Å²) in [6, 6.07) is 10.5. The number of carbonyl (C=O) groups excluding carboxylic acids is 1. The average molecular weight is 363 g/mol. The molecule has 2 aromatic rings. The number of halogens is 1. The molecule has 2 N–H and O–H groups in total. The SMILES string of the molecule is Cc1[nH]ncc1CNC(CN1CCCCCC1=O)c1ccccc1.Cl. The Kier molecular flexibility index (Phi) is 7.47. The second kappa shape index (κ2) is 9.59. The van der Waals surface area contributed by atoms with Gasteiger partial charge >= 0.3 is 0 Å². The predicted octanol–water partition coefficient (Wildman–Crippen LogP) is 3.37. The number of amides is 1. The van der Waals surface area contributed by atoms with Gasteiger partial charge in [0.15, 0.2) is 0 Å². The van der Waals surface area contributed by atoms with Crippen LogP contribution < -0.4 is 5.32 Å². The van der Waals surface area contributed by atoms with Crippen LogP contribution in [0.1, 0.15) is 48.5 Å². The molecule has 1 aliphatic rings. The van der Waals surface area contributed by atoms with Crippen molar-refractivity contribution in [1.82, 2.24) is 20.4 Å². The van der Waals surface area contributed by atoms with Crippen LogP contribution in [0.3, 0.4) is 0 Å². The summed E-state index contributed by atoms with van der Waals surface area (Å²) < 4.78 is 0. The van der Waals surface area contributed by atoms with E-state index >= 15 is 0 Å². The van der Waals surface area contributed by atoms with E-state index in [0.717, 1.165) is 50.2 Å². The minimum Gasteiger partial charge on any atom is -0.341 e. The zero-order valence-electron chi connectivity index (χ0n) is 14.7. The van der Waals surface area contributed by atoms with Crippen molar-refractivity contribution in [2.45, 2.75) is 45.2 Å². The van der Waals surface area contributed by atoms with Gasteiger partial charge in [-0.3, -0.25) is 9.89 Å². The largest absolute Gasteiger partial charge is 0.341 e. The van der Waals surface area contributed by atoms with Gasteiger partial charge in [0.1, 0.15) is 0 Å². The van der Waals surface area contributed by atoms with Crippen LogP contribution in [-0.4, -0.2) is 34.1 Å². The number of hydrogen-bond acceptors (Lipinski definition) is 3. The van der Waals surface area contributed by atoms with Gasteiger partial charge in [-0.2, -0.15) is 5.10 Å². The maximum atomic E-state index is 12.4. The lowest BCUT2D eigenvalue weighted by molar-refractivity contribution is -0.131. The Morgan fingerprint density at radius 2 is 2.04 bits per heavy atom. The van der Waals surface area contributed by atoms with Gasteiger partial charge in [0.25, 0.3) is 0 Å². The summed E-state index contributed by atoms with van der Waals surface area (Å²) >= 11 is 0. The Hall–Kier alpha value is -1.85. The van der Waals surface area contributed by atoms with Crippen LogP contribution in [0.4, 0.5) is 0 Å². The molecule has 2 heterocycles. The maximum Gasteiger partial charge on any atom is 0.222 e. The predicted molar refractivity (Wildman–Crippen MR) is 102 cm³/mol. The van der Waals surface area contributed by atoms with Crippen LogP contribution in [0, 0.1) is 6.92 Å². The zero-order chi connectivity index (χ0) is 16.8. The highest BCUT2D eigenvalue weighted by Gasteiger charge is 2.21. The first-order valence-corrected chi connectivity index (χ1v) is 8.79. The highest BCUT2D eigenvalue weighted by Crippen LogP contribution is 2.19. The number of rotatable bonds is 6. The molecule has 1 aromatic heterocycles. The third-order valence-corrected chi connectivity index (χ3v) is 4.75. The fourth-order valence-electron chi connectivity index (χ4n) is 3.21. The summed E-state index contributed by atoms with van der Waals surface area (Å²) in [5.74, 6) is 0.287. The van der Waals surface area contributed by atoms with Gasteiger partial charge in [-0.1, -0.05) is 36.8 Å². The van der Waals surface area contributed by atoms with Crippen LogP contribution >= 0.6 is 12.4 Å². The summed E-state index contributed by atoms with van der Waals surface area (Å²) in [5, 5.41) is 10.7. The first kappa shape index (κ1) is 19.5. The Labute approximate surface area is 155 Å². The van der Waals surface area contributed by atoms with E-state index < -0.39 is 0 Å². The molecule has 5 nitrogen and oxygen atoms in total. The van der Waals surface area contributed by atoms with E-state index in [1.807, 2.05) is 24.1 Å². The van der Waals surface area contributed by atoms with Gasteiger partial charge in [0, 0.05) is 37.3 Å². The smallest absolute Gasteiger partial charge is 0.222 e. The van der Waals surface area contributed by atoms with Gasteiger partial charge in [0.2, 0.25) is 5.91 Å². The van der Waals surface area contributed by atoms with Gasteiger partial charge in [-0.15, -0.1) is 12.4 Å². The highest BCUT2D eigenvalue weighted by molar-refractivity contribution is 5.85. The molecule has 6 heteroatoms. The van der Waals surface area contributed by atoms with Crippen molar-refractivity contribution < 1.29 is 4.79 Å². The number of aromatic amines is 1. The lowest BCUT2D eigenvalue weighted by Crippen LogP contribution is -2.38. The second-order valence-corrected chi connectivity index (χ2v) is 6.51. The third-order valence-electron chi connectivity index (χ3n) is 4.75. The summed E-state index contributed by atoms with van der Waals surface area (Å²) in [6.07, 6.45) is 5.82. The van der Waals surface area contributed by atoms with Crippen molar-refractivity contribution in [2.24, 2.45) is 0 Å². The second-order valence-electron chi connectivity index (χ2n) is 6.51. The quantitative estimate of drug-likeness (QED) is 0.828. The number of H-pyrrole nitrogens is 1. The molecule has 1 fully saturated rings. The monoisotopic (exact) mass is 362 g/mol. The number of hydrogen-bond donors (Lipinski definition) is 2. The molecule has 1 saturated heterocycles. The molecule has 1 aromatic carbocycles. The number of benzene rings is 1. The molecule has 1 atom stereocenters. The van der Waals surface area contributed by atoms with E-state index in [9.17, 15) is 4.79 Å². The van der Waals surface area contributed by atoms with Crippen LogP contribution in [0.15, 0.2) is 36.5 Å². The maximum absolute atomic E-state index is 12.4. The van der Waals surface area contributed by atoms with Gasteiger partial charge in [-0.25, -0.2) is 0 Å². The van der Waals surface area contributed by atoms with E-state index in [-0.39, 0.29) is 24.4 Å². The lowest BCUT2D eigenvalue weighted by atomic mass is 10.1. The van der Waals surface area contributed by atoms with Crippen LogP contribution in [0.2, 0.25) is 0 Å². The molecule has 1 unspecified atom stereocenters. The molecule has 0 aliphatic carbocycles. The highest BCUT2D eigenvalue weighted by atomic mass is 35.5. The number of aromatic nitrogens is 2. The van der Waals surface area contributed by atoms with Gasteiger partial charge in [-0.05, 0) is 25.3 Å². The molecule has 0 spiro atoms. The molecular formula is C19H27ClN4O. The summed E-state index contributed by atoms with van der Waals surface area (Å²) in [4.78, 5) is 14.4. The van der Waals surface area contributed by atoms with Crippen LogP contribution in [-0.2, 0) is 11.3 Å². The van der Waals surface area contributed by atoms with Crippen molar-refractivity contribution in [3.05, 3.63) is 53.3 Å². The number of nitrogens with one attached hydrogen (secondary N) is 2. The number of nitrogens with zero attached hydrogens (tertiary/aromatic N) is 2. The van der Waals surface area contributed by atoms with Crippen molar-refractivity contribution in [2.75, 3.05) is 13.1 Å². The number of carbonyl (C=O) groups is 1. The van der Waals surface area contributed by atoms with Gasteiger partial charge < -0.3 is 10.2 Å². The van der Waals surface area contributed by atoms with E-state index in [4.69, 9.17) is 0 Å². The summed E-state index contributed by atoms with van der Waals surface area (Å²) in [5.41, 5.74) is 3.47. The molecule has 3 rings (SSSR count). The molecule has 0 saturated carbocycles. The number of aryl methyl sites for hydroxylation is 1. The fourth-order valence-corrected chi connectivity index (χ4v) is 3.21. The van der Waals surface area contributed by atoms with Crippen molar-refractivity contribution in [3.8, 4) is 0 Å². The third kappa shape index (κ3) is 5.31. The standard InChI is InChI=1S/C19H26N4O.ClH/c1-15-17(13-21-22-15)12-20-18(16-8-4-2-5-9-16)14-23-11-7-3-6-10-19(23)24;/h2,4-5,8-9,13,18,20H,3,6-7,10-12,14H2,1H3,(H,21,22);1H. The lowest BCUT2D eigenvalue weighted by Gasteiger charge is -2.28. The van der Waals surface area contributed by atoms with Crippen molar-refractivity contribution >= 4 is 18.3 Å². The average Bonchev–Trinajstić information content (AvgIpc) is 2.90. The minimum absolute atomic E-state index is 0. The van der Waals surface area contributed by atoms with Crippen LogP contribution in [0.5, 0.6) is 0 Å². The zero-order valence-corrected chi connectivity index (χ0v) is 15.5. The minimum atomic E-state index is 0. The normalized spacial score (nSPS) is 16.2. The molecule has 25 heavy (non-hydrogen) atoms. The fraction of sp³-hybridized carbons (Fsp3) is 0.474. The Bertz CT molecular complexity index is 658. The first-order chi connectivity index (χ1) is 11.7. The van der Waals surface area contributed by atoms with E-state index in [0.29, 0.717) is 6.42 Å². The Morgan fingerprint density at radius 1 is 1.24 bits per heavy atom. The molecule has 136 valence electrons. The topological polar surface area (TPSA) is 61.0 Å². The van der Waals surface area contributed by atoms with E-state index in [1.54, 1.807) is 0 Å². The molecular weight excluding hydrogens is 336 g/mol. The summed E-state index contributed by atoms with van der Waals surface area (Å²) in [7, 11) is 0. The van der Waals surface area contributed by atoms with Crippen molar-refractivity contribution in [1.29, 1.82) is 0 Å². The number of likely N-dealkylation sites (tertiary alicyclic amines) is 1. The molecule has 1 aliphatic heterocycles. The summed E-state index contributed by atoms with van der Waals surface area (Å²) in [6.45, 7) is 4.36. The molecule has 1 amide bonds. The molecule has 0 radical (unpaired) electrons. The van der Waals surface area contributed by atoms with E-state index in [1.165, 1.54) is 5.56 Å². The Balaban J connectivity index is 0.00000225. The first-order valence-electron chi connectivity index (χ1n) is 8.79. The molecule has 0 bridgehead atoms. The van der Waals surface area contributed by atoms with Crippen molar-refractivity contribution in [3.63, 3.8) is 0 Å².